The third-order valence-electron chi connectivity index (χ3n) is 5.52. The van der Waals surface area contributed by atoms with Crippen molar-refractivity contribution in [1.29, 1.82) is 0 Å². The number of phenolic OH excluding ortho intramolecular Hbond substituents is 1. The Kier molecular flexibility index (Phi) is 5.49. The second-order valence-electron chi connectivity index (χ2n) is 7.33. The van der Waals surface area contributed by atoms with Gasteiger partial charge in [0.25, 0.3) is 0 Å². The summed E-state index contributed by atoms with van der Waals surface area (Å²) in [6.07, 6.45) is 3.31. The van der Waals surface area contributed by atoms with Gasteiger partial charge in [0, 0.05) is 35.8 Å². The number of nitrogens with zero attached hydrogens (tertiary/aromatic N) is 2. The molecule has 1 atom stereocenters. The first-order valence-electron chi connectivity index (χ1n) is 9.63. The number of hydrogen-bond donors (Lipinski definition) is 2. The molecule has 2 aromatic carbocycles. The highest BCUT2D eigenvalue weighted by Crippen LogP contribution is 2.37. The lowest BCUT2D eigenvalue weighted by Gasteiger charge is -2.33. The molecule has 5 nitrogen and oxygen atoms in total. The fourth-order valence-corrected chi connectivity index (χ4v) is 4.12. The minimum absolute atomic E-state index is 0.0456. The second kappa shape index (κ2) is 8.21. The van der Waals surface area contributed by atoms with Crippen LogP contribution >= 0.6 is 0 Å². The number of methoxy groups -OCH3 is 1. The van der Waals surface area contributed by atoms with Crippen LogP contribution < -0.4 is 4.74 Å². The van der Waals surface area contributed by atoms with Crippen LogP contribution in [-0.4, -0.2) is 40.4 Å². The molecule has 4 rings (SSSR count). The molecule has 7 heteroatoms. The molecule has 0 spiro atoms. The van der Waals surface area contributed by atoms with Crippen molar-refractivity contribution in [1.82, 2.24) is 15.1 Å². The second-order valence-corrected chi connectivity index (χ2v) is 7.33. The van der Waals surface area contributed by atoms with E-state index in [2.05, 4.69) is 15.1 Å². The normalized spacial score (nSPS) is 17.4. The lowest BCUT2D eigenvalue weighted by molar-refractivity contribution is 0.194. The summed E-state index contributed by atoms with van der Waals surface area (Å²) in [4.78, 5) is 2.22. The van der Waals surface area contributed by atoms with Gasteiger partial charge in [-0.15, -0.1) is 0 Å². The Morgan fingerprint density at radius 1 is 1.21 bits per heavy atom. The first-order chi connectivity index (χ1) is 14.1. The number of aromatic amines is 1. The number of aromatic hydroxyl groups is 1. The number of rotatable bonds is 5. The smallest absolute Gasteiger partial charge is 0.134 e. The Balaban J connectivity index is 1.59. The van der Waals surface area contributed by atoms with Gasteiger partial charge in [0.1, 0.15) is 23.1 Å². The van der Waals surface area contributed by atoms with E-state index < -0.39 is 11.6 Å². The number of hydrogen-bond acceptors (Lipinski definition) is 4. The zero-order valence-electron chi connectivity index (χ0n) is 16.2. The summed E-state index contributed by atoms with van der Waals surface area (Å²) >= 11 is 0. The van der Waals surface area contributed by atoms with Crippen LogP contribution in [0.25, 0.3) is 11.1 Å². The summed E-state index contributed by atoms with van der Waals surface area (Å²) in [7, 11) is 1.58. The van der Waals surface area contributed by atoms with Gasteiger partial charge >= 0.3 is 0 Å². The van der Waals surface area contributed by atoms with E-state index in [-0.39, 0.29) is 17.2 Å². The number of piperidine rings is 1. The van der Waals surface area contributed by atoms with Gasteiger partial charge in [0.2, 0.25) is 0 Å². The van der Waals surface area contributed by atoms with Crippen molar-refractivity contribution in [3.8, 4) is 22.6 Å². The van der Waals surface area contributed by atoms with E-state index in [1.165, 1.54) is 24.4 Å². The van der Waals surface area contributed by atoms with E-state index in [1.54, 1.807) is 19.2 Å². The number of nitrogens with one attached hydrogen (secondary N) is 1. The Morgan fingerprint density at radius 2 is 1.97 bits per heavy atom. The van der Waals surface area contributed by atoms with Crippen LogP contribution in [0.3, 0.4) is 0 Å². The Labute approximate surface area is 167 Å². The summed E-state index contributed by atoms with van der Waals surface area (Å²) in [5.74, 6) is -0.305. The highest BCUT2D eigenvalue weighted by Gasteiger charge is 2.28. The van der Waals surface area contributed by atoms with E-state index in [0.29, 0.717) is 24.4 Å². The van der Waals surface area contributed by atoms with Gasteiger partial charge in [-0.05, 0) is 43.7 Å². The number of ether oxygens (including phenoxy) is 1. The monoisotopic (exact) mass is 399 g/mol. The molecule has 152 valence electrons. The average Bonchev–Trinajstić information content (AvgIpc) is 3.19. The minimum atomic E-state index is -0.598. The first-order valence-corrected chi connectivity index (χ1v) is 9.63. The van der Waals surface area contributed by atoms with E-state index in [9.17, 15) is 13.9 Å². The Hall–Kier alpha value is -2.93. The molecule has 0 unspecified atom stereocenters. The maximum absolute atomic E-state index is 14.3. The van der Waals surface area contributed by atoms with Crippen LogP contribution in [0.1, 0.15) is 30.0 Å². The molecule has 0 amide bonds. The predicted molar refractivity (Wildman–Crippen MR) is 106 cm³/mol. The number of H-pyrrole nitrogens is 1. The summed E-state index contributed by atoms with van der Waals surface area (Å²) in [6.45, 7) is 2.08. The van der Waals surface area contributed by atoms with Gasteiger partial charge in [-0.2, -0.15) is 5.10 Å². The third kappa shape index (κ3) is 3.82. The molecule has 3 aromatic rings. The summed E-state index contributed by atoms with van der Waals surface area (Å²) in [5, 5.41) is 17.3. The summed E-state index contributed by atoms with van der Waals surface area (Å²) in [6, 6.07) is 9.09. The van der Waals surface area contributed by atoms with Crippen molar-refractivity contribution in [3.63, 3.8) is 0 Å². The molecule has 29 heavy (non-hydrogen) atoms. The quantitative estimate of drug-likeness (QED) is 0.666. The molecule has 2 N–H and O–H groups in total. The molecule has 1 saturated heterocycles. The average molecular weight is 399 g/mol. The SMILES string of the molecule is COc1cccc(O)c1CN1CCC[C@@H](c2[nH]ncc2-c2c(F)cccc2F)C1. The van der Waals surface area contributed by atoms with Crippen LogP contribution in [-0.2, 0) is 6.54 Å². The molecule has 0 radical (unpaired) electrons. The summed E-state index contributed by atoms with van der Waals surface area (Å²) < 4.78 is 34.0. The van der Waals surface area contributed by atoms with Crippen LogP contribution in [0, 0.1) is 11.6 Å². The first kappa shape index (κ1) is 19.4. The molecule has 2 heterocycles. The molecular weight excluding hydrogens is 376 g/mol. The molecular formula is C22H23F2N3O2. The lowest BCUT2D eigenvalue weighted by Crippen LogP contribution is -2.34. The van der Waals surface area contributed by atoms with Gasteiger partial charge in [-0.25, -0.2) is 8.78 Å². The maximum Gasteiger partial charge on any atom is 0.134 e. The van der Waals surface area contributed by atoms with Gasteiger partial charge in [0.15, 0.2) is 0 Å². The van der Waals surface area contributed by atoms with Gasteiger partial charge in [-0.3, -0.25) is 10.00 Å². The fourth-order valence-electron chi connectivity index (χ4n) is 4.12. The molecule has 1 fully saturated rings. The van der Waals surface area contributed by atoms with Crippen LogP contribution in [0.4, 0.5) is 8.78 Å². The fraction of sp³-hybridized carbons (Fsp3) is 0.318. The van der Waals surface area contributed by atoms with Crippen molar-refractivity contribution in [2.75, 3.05) is 20.2 Å². The van der Waals surface area contributed by atoms with Crippen molar-refractivity contribution in [2.45, 2.75) is 25.3 Å². The molecule has 1 aromatic heterocycles. The van der Waals surface area contributed by atoms with Crippen LogP contribution in [0.15, 0.2) is 42.6 Å². The number of likely N-dealkylation sites (tertiary alicyclic amines) is 1. The Morgan fingerprint density at radius 3 is 2.72 bits per heavy atom. The number of aromatic nitrogens is 2. The zero-order chi connectivity index (χ0) is 20.4. The topological polar surface area (TPSA) is 61.4 Å². The zero-order valence-corrected chi connectivity index (χ0v) is 16.2. The standard InChI is InChI=1S/C22H23F2N3O2/c1-29-20-9-3-8-19(28)16(20)13-27-10-4-5-14(12-27)22-15(11-25-26-22)21-17(23)6-2-7-18(21)24/h2-3,6-9,11,14,28H,4-5,10,12-13H2,1H3,(H,25,26)/t14-/m1/s1. The van der Waals surface area contributed by atoms with E-state index in [0.717, 1.165) is 30.6 Å². The maximum atomic E-state index is 14.3. The molecule has 0 bridgehead atoms. The van der Waals surface area contributed by atoms with E-state index >= 15 is 0 Å². The number of phenols is 1. The molecule has 1 aliphatic rings. The molecule has 0 saturated carbocycles. The van der Waals surface area contributed by atoms with Gasteiger partial charge in [0.05, 0.1) is 18.9 Å². The van der Waals surface area contributed by atoms with Crippen molar-refractivity contribution >= 4 is 0 Å². The number of benzene rings is 2. The van der Waals surface area contributed by atoms with E-state index in [4.69, 9.17) is 4.74 Å². The highest BCUT2D eigenvalue weighted by molar-refractivity contribution is 5.67. The van der Waals surface area contributed by atoms with E-state index in [1.807, 2.05) is 6.07 Å². The number of halogens is 2. The Bertz CT molecular complexity index is 985. The minimum Gasteiger partial charge on any atom is -0.507 e. The van der Waals surface area contributed by atoms with Crippen LogP contribution in [0.2, 0.25) is 0 Å². The molecule has 1 aliphatic heterocycles. The van der Waals surface area contributed by atoms with Crippen molar-refractivity contribution in [3.05, 3.63) is 65.5 Å². The largest absolute Gasteiger partial charge is 0.507 e. The summed E-state index contributed by atoms with van der Waals surface area (Å²) in [5.41, 5.74) is 1.90. The van der Waals surface area contributed by atoms with Crippen molar-refractivity contribution < 1.29 is 18.6 Å². The highest BCUT2D eigenvalue weighted by atomic mass is 19.1. The van der Waals surface area contributed by atoms with Crippen molar-refractivity contribution in [2.24, 2.45) is 0 Å². The molecule has 0 aliphatic carbocycles. The predicted octanol–water partition coefficient (Wildman–Crippen LogP) is 4.45. The van der Waals surface area contributed by atoms with Crippen LogP contribution in [0.5, 0.6) is 11.5 Å². The van der Waals surface area contributed by atoms with Gasteiger partial charge < -0.3 is 9.84 Å². The van der Waals surface area contributed by atoms with Gasteiger partial charge in [-0.1, -0.05) is 12.1 Å². The lowest BCUT2D eigenvalue weighted by atomic mass is 9.90. The third-order valence-corrected chi connectivity index (χ3v) is 5.52.